The Balaban J connectivity index is 1.15. The van der Waals surface area contributed by atoms with E-state index < -0.39 is 0 Å². The molecule has 7 aromatic carbocycles. The average Bonchev–Trinajstić information content (AvgIpc) is 3.79. The smallest absolute Gasteiger partial charge is 0.235 e. The summed E-state index contributed by atoms with van der Waals surface area (Å²) in [5.41, 5.74) is 7.91. The van der Waals surface area contributed by atoms with Gasteiger partial charge in [-0.1, -0.05) is 121 Å². The molecule has 0 atom stereocenters. The van der Waals surface area contributed by atoms with Gasteiger partial charge >= 0.3 is 0 Å². The lowest BCUT2D eigenvalue weighted by Crippen LogP contribution is -2.03. The van der Waals surface area contributed by atoms with Crippen LogP contribution in [-0.4, -0.2) is 24.5 Å². The SMILES string of the molecule is c1ccc(-c2nc(-n3c4ccncc4c4cc(-c5nc6c7ccccc7c7c8ccccc8sc7c6c6ccccc56)ccc43)nc3ccccc23)cc1. The number of benzene rings is 7. The maximum Gasteiger partial charge on any atom is 0.235 e. The molecule has 5 nitrogen and oxygen atoms in total. The van der Waals surface area contributed by atoms with Crippen LogP contribution in [0.1, 0.15) is 0 Å². The summed E-state index contributed by atoms with van der Waals surface area (Å²) < 4.78 is 4.75. The molecule has 0 unspecified atom stereocenters. The van der Waals surface area contributed by atoms with Gasteiger partial charge in [-0.3, -0.25) is 9.55 Å². The minimum atomic E-state index is 0.625. The number of hydrogen-bond acceptors (Lipinski definition) is 5. The highest BCUT2D eigenvalue weighted by Crippen LogP contribution is 2.47. The topological polar surface area (TPSA) is 56.5 Å². The Labute approximate surface area is 312 Å². The molecule has 0 saturated heterocycles. The van der Waals surface area contributed by atoms with Gasteiger partial charge < -0.3 is 0 Å². The van der Waals surface area contributed by atoms with Gasteiger partial charge in [0.1, 0.15) is 0 Å². The van der Waals surface area contributed by atoms with Crippen molar-refractivity contribution in [3.8, 4) is 28.5 Å². The van der Waals surface area contributed by atoms with Gasteiger partial charge in [-0.25, -0.2) is 15.0 Å². The lowest BCUT2D eigenvalue weighted by molar-refractivity contribution is 1.01. The highest BCUT2D eigenvalue weighted by Gasteiger charge is 2.22. The maximum atomic E-state index is 5.61. The highest BCUT2D eigenvalue weighted by atomic mass is 32.1. The van der Waals surface area contributed by atoms with Gasteiger partial charge in [0.25, 0.3) is 0 Å². The molecule has 54 heavy (non-hydrogen) atoms. The minimum absolute atomic E-state index is 0.625. The number of para-hydroxylation sites is 1. The fourth-order valence-electron chi connectivity index (χ4n) is 8.51. The van der Waals surface area contributed by atoms with Crippen LogP contribution in [0.15, 0.2) is 164 Å². The van der Waals surface area contributed by atoms with E-state index in [1.165, 1.54) is 41.7 Å². The first-order valence-electron chi connectivity index (χ1n) is 18.1. The van der Waals surface area contributed by atoms with Crippen LogP contribution in [0.4, 0.5) is 0 Å². The zero-order valence-electron chi connectivity index (χ0n) is 28.7. The van der Waals surface area contributed by atoms with E-state index in [0.29, 0.717) is 5.95 Å². The number of nitrogens with zero attached hydrogens (tertiary/aromatic N) is 5. The van der Waals surface area contributed by atoms with Gasteiger partial charge in [0.15, 0.2) is 0 Å². The van der Waals surface area contributed by atoms with E-state index in [9.17, 15) is 0 Å². The number of hydrogen-bond donors (Lipinski definition) is 0. The van der Waals surface area contributed by atoms with Gasteiger partial charge in [-0.2, -0.15) is 0 Å². The third-order valence-electron chi connectivity index (χ3n) is 10.9. The Hall–Kier alpha value is -7.02. The molecule has 6 heteroatoms. The van der Waals surface area contributed by atoms with Crippen LogP contribution < -0.4 is 0 Å². The molecule has 0 fully saturated rings. The van der Waals surface area contributed by atoms with Gasteiger partial charge in [-0.05, 0) is 41.1 Å². The van der Waals surface area contributed by atoms with E-state index in [1.54, 1.807) is 0 Å². The summed E-state index contributed by atoms with van der Waals surface area (Å²) >= 11 is 1.86. The van der Waals surface area contributed by atoms with Crippen LogP contribution in [0.3, 0.4) is 0 Å². The molecular formula is C48H27N5S. The Morgan fingerprint density at radius 3 is 1.96 bits per heavy atom. The van der Waals surface area contributed by atoms with Crippen molar-refractivity contribution in [1.82, 2.24) is 24.5 Å². The first-order chi connectivity index (χ1) is 26.8. The summed E-state index contributed by atoms with van der Waals surface area (Å²) in [6, 6.07) is 53.6. The quantitative estimate of drug-likeness (QED) is 0.172. The number of rotatable bonds is 3. The summed E-state index contributed by atoms with van der Waals surface area (Å²) in [6.07, 6.45) is 3.80. The van der Waals surface area contributed by atoms with E-state index >= 15 is 0 Å². The lowest BCUT2D eigenvalue weighted by Gasteiger charge is -2.14. The first-order valence-corrected chi connectivity index (χ1v) is 18.9. The Morgan fingerprint density at radius 1 is 0.444 bits per heavy atom. The second-order valence-corrected chi connectivity index (χ2v) is 14.8. The fraction of sp³-hybridized carbons (Fsp3) is 0. The summed E-state index contributed by atoms with van der Waals surface area (Å²) in [5.74, 6) is 0.625. The molecule has 0 aliphatic heterocycles. The van der Waals surface area contributed by atoms with Gasteiger partial charge in [0, 0.05) is 76.0 Å². The monoisotopic (exact) mass is 705 g/mol. The third-order valence-corrected chi connectivity index (χ3v) is 12.1. The normalized spacial score (nSPS) is 12.1. The highest BCUT2D eigenvalue weighted by molar-refractivity contribution is 7.27. The van der Waals surface area contributed by atoms with E-state index in [-0.39, 0.29) is 0 Å². The van der Waals surface area contributed by atoms with Crippen molar-refractivity contribution in [2.45, 2.75) is 0 Å². The Kier molecular flexibility index (Phi) is 6.15. The molecule has 0 spiro atoms. The molecule has 12 aromatic rings. The molecule has 250 valence electrons. The van der Waals surface area contributed by atoms with Gasteiger partial charge in [0.2, 0.25) is 5.95 Å². The van der Waals surface area contributed by atoms with E-state index in [1.807, 2.05) is 41.9 Å². The number of aromatic nitrogens is 5. The van der Waals surface area contributed by atoms with Crippen molar-refractivity contribution in [2.24, 2.45) is 0 Å². The summed E-state index contributed by atoms with van der Waals surface area (Å²) in [7, 11) is 0. The molecule has 0 radical (unpaired) electrons. The lowest BCUT2D eigenvalue weighted by atomic mass is 9.94. The summed E-state index contributed by atoms with van der Waals surface area (Å²) in [4.78, 5) is 20.6. The predicted molar refractivity (Wildman–Crippen MR) is 226 cm³/mol. The van der Waals surface area contributed by atoms with Gasteiger partial charge in [0.05, 0.1) is 33.5 Å². The third kappa shape index (κ3) is 4.14. The fourth-order valence-corrected chi connectivity index (χ4v) is 9.79. The summed E-state index contributed by atoms with van der Waals surface area (Å²) in [5, 5.41) is 11.7. The Morgan fingerprint density at radius 2 is 1.11 bits per heavy atom. The predicted octanol–water partition coefficient (Wildman–Crippen LogP) is 12.7. The van der Waals surface area contributed by atoms with Crippen LogP contribution in [-0.2, 0) is 0 Å². The van der Waals surface area contributed by atoms with Crippen LogP contribution in [0.25, 0.3) is 114 Å². The van der Waals surface area contributed by atoms with Gasteiger partial charge in [-0.15, -0.1) is 11.3 Å². The number of thiophene rings is 1. The average molecular weight is 706 g/mol. The van der Waals surface area contributed by atoms with Crippen molar-refractivity contribution < 1.29 is 0 Å². The molecule has 0 bridgehead atoms. The molecule has 5 aromatic heterocycles. The zero-order chi connectivity index (χ0) is 35.3. The van der Waals surface area contributed by atoms with Crippen LogP contribution >= 0.6 is 11.3 Å². The molecule has 5 heterocycles. The molecule has 0 aliphatic rings. The molecule has 12 rings (SSSR count). The molecule has 0 N–H and O–H groups in total. The van der Waals surface area contributed by atoms with Crippen molar-refractivity contribution in [3.05, 3.63) is 164 Å². The minimum Gasteiger partial charge on any atom is -0.278 e. The zero-order valence-corrected chi connectivity index (χ0v) is 29.5. The standard InChI is InChI=1S/C48H27N5S/c1-2-12-28(13-3-1)44-34-18-8-10-20-38(34)50-48(52-44)53-39-23-22-29(26-36(39)37-27-49-25-24-40(37)53)45-32-16-6-5-15-31(32)43-46(51-45)33-17-7-4-14-30(33)42-35-19-9-11-21-41(35)54-47(42)43/h1-27H. The maximum absolute atomic E-state index is 5.61. The molecule has 0 aliphatic carbocycles. The number of pyridine rings is 2. The van der Waals surface area contributed by atoms with Crippen LogP contribution in [0.5, 0.6) is 0 Å². The molecular weight excluding hydrogens is 679 g/mol. The van der Waals surface area contributed by atoms with Crippen molar-refractivity contribution >= 4 is 96.7 Å². The van der Waals surface area contributed by atoms with E-state index in [0.717, 1.165) is 66.1 Å². The van der Waals surface area contributed by atoms with Crippen molar-refractivity contribution in [2.75, 3.05) is 0 Å². The summed E-state index contributed by atoms with van der Waals surface area (Å²) in [6.45, 7) is 0. The van der Waals surface area contributed by atoms with Crippen LogP contribution in [0.2, 0.25) is 0 Å². The van der Waals surface area contributed by atoms with E-state index in [2.05, 4.69) is 143 Å². The van der Waals surface area contributed by atoms with Crippen LogP contribution in [0, 0.1) is 0 Å². The van der Waals surface area contributed by atoms with Crippen molar-refractivity contribution in [3.63, 3.8) is 0 Å². The number of fused-ring (bicyclic) bond motifs is 14. The van der Waals surface area contributed by atoms with Crippen molar-refractivity contribution in [1.29, 1.82) is 0 Å². The molecule has 0 saturated carbocycles. The largest absolute Gasteiger partial charge is 0.278 e. The Bertz CT molecular complexity index is 3510. The second-order valence-electron chi connectivity index (χ2n) is 13.8. The van der Waals surface area contributed by atoms with E-state index in [4.69, 9.17) is 15.0 Å². The first kappa shape index (κ1) is 29.5. The second kappa shape index (κ2) is 11.2. The molecule has 0 amide bonds.